The fraction of sp³-hybridized carbons (Fsp3) is 0.368. The van der Waals surface area contributed by atoms with E-state index in [1.165, 1.54) is 7.05 Å². The van der Waals surface area contributed by atoms with E-state index in [1.54, 1.807) is 12.1 Å². The van der Waals surface area contributed by atoms with Gasteiger partial charge in [-0.15, -0.1) is 0 Å². The normalized spacial score (nSPS) is 13.8. The summed E-state index contributed by atoms with van der Waals surface area (Å²) in [4.78, 5) is 49.2. The first kappa shape index (κ1) is 18.6. The maximum atomic E-state index is 12.5. The quantitative estimate of drug-likeness (QED) is 0.591. The third-order valence-electron chi connectivity index (χ3n) is 4.83. The van der Waals surface area contributed by atoms with Crippen LogP contribution in [0, 0.1) is 5.92 Å². The molecule has 2 aromatic rings. The van der Waals surface area contributed by atoms with Gasteiger partial charge in [-0.2, -0.15) is 0 Å². The summed E-state index contributed by atoms with van der Waals surface area (Å²) in [7, 11) is 1.28. The van der Waals surface area contributed by atoms with Crippen molar-refractivity contribution >= 4 is 17.6 Å². The average Bonchev–Trinajstić information content (AvgIpc) is 2.61. The van der Waals surface area contributed by atoms with Gasteiger partial charge in [0.05, 0.1) is 12.5 Å². The fourth-order valence-electron chi connectivity index (χ4n) is 2.93. The van der Waals surface area contributed by atoms with Gasteiger partial charge in [-0.25, -0.2) is 4.79 Å². The zero-order valence-corrected chi connectivity index (χ0v) is 15.0. The highest BCUT2D eigenvalue weighted by molar-refractivity contribution is 6.01. The number of aromatic nitrogens is 2. The van der Waals surface area contributed by atoms with Crippen LogP contribution in [0.4, 0.5) is 5.82 Å². The van der Waals surface area contributed by atoms with Crippen LogP contribution >= 0.6 is 0 Å². The highest BCUT2D eigenvalue weighted by atomic mass is 16.5. The van der Waals surface area contributed by atoms with Gasteiger partial charge in [0.2, 0.25) is 5.78 Å². The fourth-order valence-corrected chi connectivity index (χ4v) is 2.93. The molecule has 0 unspecified atom stereocenters. The third-order valence-corrected chi connectivity index (χ3v) is 4.83. The molecule has 1 fully saturated rings. The molecule has 1 aromatic carbocycles. The van der Waals surface area contributed by atoms with Crippen LogP contribution in [0.25, 0.3) is 0 Å². The minimum absolute atomic E-state index is 0.113. The number of nitrogen functional groups attached to an aromatic ring is 1. The number of nitrogens with zero attached hydrogens (tertiary/aromatic N) is 2. The molecule has 1 saturated carbocycles. The lowest BCUT2D eigenvalue weighted by Gasteiger charge is -2.22. The number of Topliss-reactive ketones (excluding diaryl/α,β-unsaturated/α-hetero) is 1. The van der Waals surface area contributed by atoms with E-state index < -0.39 is 29.6 Å². The Morgan fingerprint density at radius 2 is 1.85 bits per heavy atom. The van der Waals surface area contributed by atoms with Crippen LogP contribution in [0.3, 0.4) is 0 Å². The van der Waals surface area contributed by atoms with E-state index in [9.17, 15) is 19.2 Å². The molecule has 0 saturated heterocycles. The van der Waals surface area contributed by atoms with E-state index in [-0.39, 0.29) is 23.8 Å². The Bertz CT molecular complexity index is 987. The molecule has 1 heterocycles. The van der Waals surface area contributed by atoms with Gasteiger partial charge in [0, 0.05) is 7.05 Å². The summed E-state index contributed by atoms with van der Waals surface area (Å²) < 4.78 is 7.02. The second-order valence-corrected chi connectivity index (χ2v) is 6.64. The number of carbonyl (C=O) groups is 2. The largest absolute Gasteiger partial charge is 0.457 e. The number of hydrogen-bond donors (Lipinski definition) is 1. The predicted octanol–water partition coefficient (Wildman–Crippen LogP) is 0.703. The number of hydrogen-bond acceptors (Lipinski definition) is 6. The Kier molecular flexibility index (Phi) is 5.25. The molecule has 0 bridgehead atoms. The van der Waals surface area contributed by atoms with Gasteiger partial charge >= 0.3 is 11.7 Å². The first-order valence-corrected chi connectivity index (χ1v) is 8.73. The van der Waals surface area contributed by atoms with Crippen molar-refractivity contribution in [1.29, 1.82) is 0 Å². The zero-order valence-electron chi connectivity index (χ0n) is 15.0. The molecule has 1 aliphatic rings. The summed E-state index contributed by atoms with van der Waals surface area (Å²) in [5.74, 6) is -1.56. The van der Waals surface area contributed by atoms with Crippen molar-refractivity contribution < 1.29 is 14.3 Å². The second kappa shape index (κ2) is 7.61. The molecule has 0 aliphatic heterocycles. The lowest BCUT2D eigenvalue weighted by atomic mass is 9.86. The molecular formula is C19H21N3O5. The van der Waals surface area contributed by atoms with E-state index in [0.29, 0.717) is 0 Å². The standard InChI is InChI=1S/C19H21N3O5/c1-21-17(24)15(14(23)11-27-18(25)13-8-5-9-13)16(20)22(19(21)26)10-12-6-3-2-4-7-12/h2-4,6-7,13H,5,8-11,20H2,1H3. The first-order chi connectivity index (χ1) is 12.9. The number of esters is 1. The number of nitrogens with two attached hydrogens (primary N) is 1. The molecule has 0 radical (unpaired) electrons. The van der Waals surface area contributed by atoms with Crippen molar-refractivity contribution in [2.24, 2.45) is 13.0 Å². The van der Waals surface area contributed by atoms with Gasteiger partial charge < -0.3 is 10.5 Å². The van der Waals surface area contributed by atoms with Gasteiger partial charge in [-0.1, -0.05) is 36.8 Å². The van der Waals surface area contributed by atoms with E-state index in [1.807, 2.05) is 18.2 Å². The molecule has 3 rings (SSSR count). The molecule has 2 N–H and O–H groups in total. The van der Waals surface area contributed by atoms with Crippen LogP contribution in [-0.2, 0) is 23.1 Å². The molecule has 142 valence electrons. The van der Waals surface area contributed by atoms with Crippen LogP contribution < -0.4 is 17.0 Å². The Morgan fingerprint density at radius 1 is 1.19 bits per heavy atom. The molecular weight excluding hydrogens is 350 g/mol. The number of anilines is 1. The van der Waals surface area contributed by atoms with Crippen LogP contribution in [-0.4, -0.2) is 27.5 Å². The Labute approximate surface area is 155 Å². The van der Waals surface area contributed by atoms with Gasteiger partial charge in [0.25, 0.3) is 5.56 Å². The van der Waals surface area contributed by atoms with Crippen molar-refractivity contribution in [3.8, 4) is 0 Å². The molecule has 0 amide bonds. The number of benzene rings is 1. The van der Waals surface area contributed by atoms with E-state index in [0.717, 1.165) is 34.0 Å². The second-order valence-electron chi connectivity index (χ2n) is 6.64. The van der Waals surface area contributed by atoms with Gasteiger partial charge in [-0.3, -0.25) is 23.5 Å². The van der Waals surface area contributed by atoms with Crippen molar-refractivity contribution in [3.05, 3.63) is 62.3 Å². The number of ether oxygens (including phenoxy) is 1. The van der Waals surface area contributed by atoms with Crippen LogP contribution in [0.5, 0.6) is 0 Å². The highest BCUT2D eigenvalue weighted by Gasteiger charge is 2.28. The van der Waals surface area contributed by atoms with E-state index >= 15 is 0 Å². The zero-order chi connectivity index (χ0) is 19.6. The smallest absolute Gasteiger partial charge is 0.332 e. The van der Waals surface area contributed by atoms with Crippen molar-refractivity contribution in [3.63, 3.8) is 0 Å². The van der Waals surface area contributed by atoms with E-state index in [4.69, 9.17) is 10.5 Å². The maximum absolute atomic E-state index is 12.5. The summed E-state index contributed by atoms with van der Waals surface area (Å²) in [6, 6.07) is 9.06. The topological polar surface area (TPSA) is 113 Å². The molecule has 8 nitrogen and oxygen atoms in total. The minimum atomic E-state index is -0.800. The summed E-state index contributed by atoms with van der Waals surface area (Å²) in [6.45, 7) is -0.458. The van der Waals surface area contributed by atoms with Crippen molar-refractivity contribution in [2.75, 3.05) is 12.3 Å². The predicted molar refractivity (Wildman–Crippen MR) is 98.5 cm³/mol. The summed E-state index contributed by atoms with van der Waals surface area (Å²) in [6.07, 6.45) is 2.46. The molecule has 27 heavy (non-hydrogen) atoms. The Hall–Kier alpha value is -3.16. The SMILES string of the molecule is Cn1c(=O)c(C(=O)COC(=O)C2CCC2)c(N)n(Cc2ccccc2)c1=O. The number of ketones is 1. The highest BCUT2D eigenvalue weighted by Crippen LogP contribution is 2.27. The Balaban J connectivity index is 1.90. The minimum Gasteiger partial charge on any atom is -0.457 e. The van der Waals surface area contributed by atoms with Crippen LogP contribution in [0.15, 0.2) is 39.9 Å². The first-order valence-electron chi connectivity index (χ1n) is 8.73. The third kappa shape index (κ3) is 3.69. The van der Waals surface area contributed by atoms with Gasteiger partial charge in [0.1, 0.15) is 11.4 Å². The van der Waals surface area contributed by atoms with Crippen LogP contribution in [0.2, 0.25) is 0 Å². The Morgan fingerprint density at radius 3 is 2.44 bits per heavy atom. The molecule has 1 aromatic heterocycles. The number of rotatable bonds is 6. The molecule has 0 atom stereocenters. The maximum Gasteiger partial charge on any atom is 0.332 e. The lowest BCUT2D eigenvalue weighted by Crippen LogP contribution is -2.43. The van der Waals surface area contributed by atoms with E-state index in [2.05, 4.69) is 0 Å². The van der Waals surface area contributed by atoms with Crippen molar-refractivity contribution in [2.45, 2.75) is 25.8 Å². The van der Waals surface area contributed by atoms with Crippen molar-refractivity contribution in [1.82, 2.24) is 9.13 Å². The van der Waals surface area contributed by atoms with Gasteiger partial charge in [-0.05, 0) is 18.4 Å². The average molecular weight is 371 g/mol. The van der Waals surface area contributed by atoms with Crippen LogP contribution in [0.1, 0.15) is 35.2 Å². The molecule has 8 heteroatoms. The monoisotopic (exact) mass is 371 g/mol. The lowest BCUT2D eigenvalue weighted by molar-refractivity contribution is -0.150. The summed E-state index contributed by atoms with van der Waals surface area (Å²) >= 11 is 0. The number of carbonyl (C=O) groups excluding carboxylic acids is 2. The molecule has 1 aliphatic carbocycles. The summed E-state index contributed by atoms with van der Waals surface area (Å²) in [5.41, 5.74) is 5.03. The summed E-state index contributed by atoms with van der Waals surface area (Å²) in [5, 5.41) is 0. The van der Waals surface area contributed by atoms with Gasteiger partial charge in [0.15, 0.2) is 6.61 Å². The molecule has 0 spiro atoms.